The Morgan fingerprint density at radius 1 is 1.42 bits per heavy atom. The fourth-order valence-electron chi connectivity index (χ4n) is 2.63. The summed E-state index contributed by atoms with van der Waals surface area (Å²) < 4.78 is 5.17. The Morgan fingerprint density at radius 3 is 2.79 bits per heavy atom. The number of hydrogen-bond donors (Lipinski definition) is 1. The molecule has 3 rings (SSSR count). The monoisotopic (exact) mass is 258 g/mol. The van der Waals surface area contributed by atoms with E-state index < -0.39 is 5.41 Å². The molecule has 0 bridgehead atoms. The van der Waals surface area contributed by atoms with Gasteiger partial charge < -0.3 is 9.72 Å². The number of nitrogens with zero attached hydrogens (tertiary/aromatic N) is 1. The van der Waals surface area contributed by atoms with E-state index in [0.717, 1.165) is 35.3 Å². The molecule has 1 aromatic heterocycles. The number of imidazole rings is 1. The molecule has 19 heavy (non-hydrogen) atoms. The summed E-state index contributed by atoms with van der Waals surface area (Å²) in [6.07, 6.45) is 1.65. The van der Waals surface area contributed by atoms with Crippen LogP contribution in [0.2, 0.25) is 0 Å². The molecule has 4 nitrogen and oxygen atoms in total. The molecule has 0 aliphatic heterocycles. The van der Waals surface area contributed by atoms with Crippen molar-refractivity contribution >= 4 is 17.0 Å². The zero-order valence-electron chi connectivity index (χ0n) is 11.5. The first-order valence-electron chi connectivity index (χ1n) is 6.71. The molecule has 0 amide bonds. The third-order valence-electron chi connectivity index (χ3n) is 3.79. The van der Waals surface area contributed by atoms with Crippen molar-refractivity contribution in [2.24, 2.45) is 0 Å². The zero-order chi connectivity index (χ0) is 13.6. The van der Waals surface area contributed by atoms with Crippen LogP contribution in [0.5, 0.6) is 0 Å². The molecule has 0 atom stereocenters. The number of nitrogens with one attached hydrogen (secondary N) is 1. The van der Waals surface area contributed by atoms with Gasteiger partial charge in [0, 0.05) is 0 Å². The van der Waals surface area contributed by atoms with Gasteiger partial charge in [0.2, 0.25) is 0 Å². The minimum Gasteiger partial charge on any atom is -0.465 e. The first-order valence-corrected chi connectivity index (χ1v) is 6.71. The average molecular weight is 258 g/mol. The summed E-state index contributed by atoms with van der Waals surface area (Å²) in [5.41, 5.74) is 3.77. The van der Waals surface area contributed by atoms with Crippen molar-refractivity contribution in [2.75, 3.05) is 6.61 Å². The summed E-state index contributed by atoms with van der Waals surface area (Å²) in [6.45, 7) is 6.36. The highest BCUT2D eigenvalue weighted by Gasteiger charge is 2.55. The van der Waals surface area contributed by atoms with E-state index >= 15 is 0 Å². The predicted molar refractivity (Wildman–Crippen MR) is 73.1 cm³/mol. The van der Waals surface area contributed by atoms with Crippen molar-refractivity contribution < 1.29 is 9.53 Å². The number of fused-ring (bicyclic) bond motifs is 1. The highest BCUT2D eigenvalue weighted by atomic mass is 16.5. The van der Waals surface area contributed by atoms with E-state index in [9.17, 15) is 4.79 Å². The van der Waals surface area contributed by atoms with Crippen LogP contribution >= 0.6 is 0 Å². The van der Waals surface area contributed by atoms with Crippen LogP contribution in [0, 0.1) is 13.8 Å². The number of rotatable bonds is 3. The minimum atomic E-state index is -0.518. The molecule has 4 heteroatoms. The molecule has 1 aliphatic rings. The SMILES string of the molecule is CCOC(=O)C1(c2nc3c(C)cc(C)cc3[nH]2)CC1. The first kappa shape index (κ1) is 12.2. The van der Waals surface area contributed by atoms with Gasteiger partial charge in [-0.25, -0.2) is 4.98 Å². The maximum Gasteiger partial charge on any atom is 0.319 e. The molecule has 0 radical (unpaired) electrons. The van der Waals surface area contributed by atoms with E-state index in [0.29, 0.717) is 6.61 Å². The van der Waals surface area contributed by atoms with E-state index in [1.807, 2.05) is 13.8 Å². The van der Waals surface area contributed by atoms with Crippen LogP contribution < -0.4 is 0 Å². The Labute approximate surface area is 112 Å². The second-order valence-electron chi connectivity index (χ2n) is 5.37. The second kappa shape index (κ2) is 4.08. The van der Waals surface area contributed by atoms with Crippen LogP contribution in [0.1, 0.15) is 36.7 Å². The van der Waals surface area contributed by atoms with Gasteiger partial charge in [-0.05, 0) is 50.8 Å². The van der Waals surface area contributed by atoms with Crippen molar-refractivity contribution in [2.45, 2.75) is 39.0 Å². The van der Waals surface area contributed by atoms with E-state index in [-0.39, 0.29) is 5.97 Å². The third-order valence-corrected chi connectivity index (χ3v) is 3.79. The van der Waals surface area contributed by atoms with Gasteiger partial charge in [0.05, 0.1) is 17.6 Å². The number of esters is 1. The number of H-pyrrole nitrogens is 1. The molecular weight excluding hydrogens is 240 g/mol. The smallest absolute Gasteiger partial charge is 0.319 e. The second-order valence-corrected chi connectivity index (χ2v) is 5.37. The molecule has 0 spiro atoms. The van der Waals surface area contributed by atoms with Crippen molar-refractivity contribution in [3.63, 3.8) is 0 Å². The first-order chi connectivity index (χ1) is 9.06. The zero-order valence-corrected chi connectivity index (χ0v) is 11.5. The fourth-order valence-corrected chi connectivity index (χ4v) is 2.63. The van der Waals surface area contributed by atoms with Crippen LogP contribution in [0.25, 0.3) is 11.0 Å². The molecule has 0 unspecified atom stereocenters. The number of carbonyl (C=O) groups excluding carboxylic acids is 1. The topological polar surface area (TPSA) is 55.0 Å². The van der Waals surface area contributed by atoms with Crippen molar-refractivity contribution in [1.29, 1.82) is 0 Å². The van der Waals surface area contributed by atoms with Gasteiger partial charge in [0.1, 0.15) is 11.2 Å². The number of ether oxygens (including phenoxy) is 1. The number of carbonyl (C=O) groups is 1. The Hall–Kier alpha value is -1.84. The lowest BCUT2D eigenvalue weighted by atomic mass is 10.1. The molecule has 1 heterocycles. The normalized spacial score (nSPS) is 16.6. The predicted octanol–water partition coefficient (Wildman–Crippen LogP) is 2.77. The summed E-state index contributed by atoms with van der Waals surface area (Å²) in [6, 6.07) is 4.18. The number of aryl methyl sites for hydroxylation is 2. The average Bonchev–Trinajstić information content (AvgIpc) is 3.05. The summed E-state index contributed by atoms with van der Waals surface area (Å²) >= 11 is 0. The standard InChI is InChI=1S/C15H18N2O2/c1-4-19-14(18)15(5-6-15)13-16-11-8-9(2)7-10(3)12(11)17-13/h7-8H,4-6H2,1-3H3,(H,16,17). The van der Waals surface area contributed by atoms with Crippen LogP contribution in [-0.2, 0) is 14.9 Å². The van der Waals surface area contributed by atoms with Gasteiger partial charge in [-0.1, -0.05) is 6.07 Å². The van der Waals surface area contributed by atoms with Gasteiger partial charge in [-0.3, -0.25) is 4.79 Å². The van der Waals surface area contributed by atoms with E-state index in [2.05, 4.69) is 29.0 Å². The molecular formula is C15H18N2O2. The number of hydrogen-bond acceptors (Lipinski definition) is 3. The third kappa shape index (κ3) is 1.82. The quantitative estimate of drug-likeness (QED) is 0.861. The number of benzene rings is 1. The minimum absolute atomic E-state index is 0.150. The lowest BCUT2D eigenvalue weighted by molar-refractivity contribution is -0.146. The Balaban J connectivity index is 2.07. The molecule has 0 saturated heterocycles. The van der Waals surface area contributed by atoms with Gasteiger partial charge in [0.15, 0.2) is 0 Å². The van der Waals surface area contributed by atoms with Gasteiger partial charge >= 0.3 is 5.97 Å². The maximum atomic E-state index is 12.1. The van der Waals surface area contributed by atoms with E-state index in [1.165, 1.54) is 5.56 Å². The van der Waals surface area contributed by atoms with Crippen molar-refractivity contribution in [3.05, 3.63) is 29.1 Å². The Kier molecular flexibility index (Phi) is 2.62. The lowest BCUT2D eigenvalue weighted by Gasteiger charge is -2.10. The molecule has 1 N–H and O–H groups in total. The van der Waals surface area contributed by atoms with E-state index in [4.69, 9.17) is 4.74 Å². The van der Waals surface area contributed by atoms with E-state index in [1.54, 1.807) is 0 Å². The summed E-state index contributed by atoms with van der Waals surface area (Å²) in [5.74, 6) is 0.609. The lowest BCUT2D eigenvalue weighted by Crippen LogP contribution is -2.24. The van der Waals surface area contributed by atoms with Crippen LogP contribution in [0.15, 0.2) is 12.1 Å². The summed E-state index contributed by atoms with van der Waals surface area (Å²) in [5, 5.41) is 0. The Morgan fingerprint density at radius 2 is 2.16 bits per heavy atom. The highest BCUT2D eigenvalue weighted by Crippen LogP contribution is 2.48. The van der Waals surface area contributed by atoms with Crippen molar-refractivity contribution in [3.8, 4) is 0 Å². The number of aromatic nitrogens is 2. The molecule has 1 fully saturated rings. The van der Waals surface area contributed by atoms with Crippen LogP contribution in [-0.4, -0.2) is 22.5 Å². The van der Waals surface area contributed by atoms with Crippen LogP contribution in [0.4, 0.5) is 0 Å². The van der Waals surface area contributed by atoms with Gasteiger partial charge in [-0.15, -0.1) is 0 Å². The molecule has 2 aromatic rings. The van der Waals surface area contributed by atoms with Crippen molar-refractivity contribution in [1.82, 2.24) is 9.97 Å². The summed E-state index contributed by atoms with van der Waals surface area (Å²) in [4.78, 5) is 20.0. The molecule has 1 aromatic carbocycles. The fraction of sp³-hybridized carbons (Fsp3) is 0.467. The maximum absolute atomic E-state index is 12.1. The molecule has 1 saturated carbocycles. The number of aromatic amines is 1. The summed E-state index contributed by atoms with van der Waals surface area (Å²) in [7, 11) is 0. The highest BCUT2D eigenvalue weighted by molar-refractivity contribution is 5.88. The van der Waals surface area contributed by atoms with Crippen LogP contribution in [0.3, 0.4) is 0 Å². The van der Waals surface area contributed by atoms with Gasteiger partial charge in [-0.2, -0.15) is 0 Å². The van der Waals surface area contributed by atoms with Gasteiger partial charge in [0.25, 0.3) is 0 Å². The molecule has 100 valence electrons. The Bertz CT molecular complexity index is 653. The largest absolute Gasteiger partial charge is 0.465 e. The molecule has 1 aliphatic carbocycles.